The van der Waals surface area contributed by atoms with Gasteiger partial charge in [-0.2, -0.15) is 0 Å². The zero-order valence-corrected chi connectivity index (χ0v) is 11.3. The van der Waals surface area contributed by atoms with Crippen molar-refractivity contribution in [2.75, 3.05) is 0 Å². The average Bonchev–Trinajstić information content (AvgIpc) is 2.50. The van der Waals surface area contributed by atoms with Crippen LogP contribution in [0.15, 0.2) is 59.0 Å². The molecule has 0 aliphatic rings. The first-order valence-corrected chi connectivity index (χ1v) is 6.08. The van der Waals surface area contributed by atoms with Crippen LogP contribution in [0.4, 0.5) is 0 Å². The van der Waals surface area contributed by atoms with E-state index in [0.717, 1.165) is 5.56 Å². The largest absolute Gasteiger partial charge is 0.289 e. The summed E-state index contributed by atoms with van der Waals surface area (Å²) in [4.78, 5) is 12.2. The quantitative estimate of drug-likeness (QED) is 0.596. The number of halogens is 1. The summed E-state index contributed by atoms with van der Waals surface area (Å²) in [6.07, 6.45) is 2.47. The van der Waals surface area contributed by atoms with E-state index in [2.05, 4.69) is 15.9 Å². The van der Waals surface area contributed by atoms with Crippen molar-refractivity contribution in [3.8, 4) is 0 Å². The van der Waals surface area contributed by atoms with E-state index in [1.807, 2.05) is 13.0 Å². The van der Waals surface area contributed by atoms with Gasteiger partial charge in [-0.15, -0.1) is 0 Å². The zero-order valence-electron chi connectivity index (χ0n) is 14.7. The van der Waals surface area contributed by atoms with Crippen LogP contribution in [0.3, 0.4) is 0 Å². The molecule has 0 atom stereocenters. The molecule has 0 radical (unpaired) electrons. The normalized spacial score (nSPS) is 14.7. The van der Waals surface area contributed by atoms with Gasteiger partial charge in [0, 0.05) is 10.0 Å². The Morgan fingerprint density at radius 2 is 2.00 bits per heavy atom. The fraction of sp³-hybridized carbons (Fsp3) is 0.0625. The van der Waals surface area contributed by atoms with Crippen molar-refractivity contribution in [2.45, 2.75) is 6.92 Å². The molecule has 0 N–H and O–H groups in total. The van der Waals surface area contributed by atoms with Crippen molar-refractivity contribution in [2.24, 2.45) is 0 Å². The summed E-state index contributed by atoms with van der Waals surface area (Å²) in [6.45, 7) is 1.90. The molecule has 0 aliphatic carbocycles. The Bertz CT molecular complexity index is 801. The van der Waals surface area contributed by atoms with Crippen molar-refractivity contribution in [1.29, 1.82) is 0 Å². The third-order valence-corrected chi connectivity index (χ3v) is 2.97. The average molecular weight is 306 g/mol. The second kappa shape index (κ2) is 5.78. The molecule has 90 valence electrons. The molecule has 0 amide bonds. The van der Waals surface area contributed by atoms with Crippen LogP contribution >= 0.6 is 15.9 Å². The highest BCUT2D eigenvalue weighted by molar-refractivity contribution is 9.10. The van der Waals surface area contributed by atoms with Gasteiger partial charge in [0.15, 0.2) is 5.78 Å². The molecule has 0 bridgehead atoms. The predicted octanol–water partition coefficient (Wildman–Crippen LogP) is 4.65. The number of hydrogen-bond acceptors (Lipinski definition) is 1. The Morgan fingerprint density at radius 3 is 2.67 bits per heavy atom. The van der Waals surface area contributed by atoms with Gasteiger partial charge in [0.05, 0.1) is 6.85 Å². The zero-order chi connectivity index (χ0) is 17.3. The van der Waals surface area contributed by atoms with Gasteiger partial charge >= 0.3 is 0 Å². The molecule has 0 saturated carbocycles. The van der Waals surface area contributed by atoms with Gasteiger partial charge in [-0.25, -0.2) is 0 Å². The summed E-state index contributed by atoms with van der Waals surface area (Å²) in [5.74, 6) is -0.316. The summed E-state index contributed by atoms with van der Waals surface area (Å²) in [5, 5.41) is 0. The van der Waals surface area contributed by atoms with Crippen LogP contribution in [0, 0.1) is 6.92 Å². The summed E-state index contributed by atoms with van der Waals surface area (Å²) in [5.41, 5.74) is 1.44. The number of carbonyl (C=O) groups excluding carboxylic acids is 1. The van der Waals surface area contributed by atoms with E-state index in [0.29, 0.717) is 10.0 Å². The number of rotatable bonds is 3. The lowest BCUT2D eigenvalue weighted by Gasteiger charge is -2.01. The van der Waals surface area contributed by atoms with Crippen LogP contribution in [0.5, 0.6) is 0 Å². The lowest BCUT2D eigenvalue weighted by Crippen LogP contribution is -1.95. The molecular formula is C16H13BrO. The monoisotopic (exact) mass is 305 g/mol. The second-order valence-corrected chi connectivity index (χ2v) is 4.57. The van der Waals surface area contributed by atoms with Gasteiger partial charge in [-0.05, 0) is 36.3 Å². The maximum Gasteiger partial charge on any atom is 0.186 e. The first-order valence-electron chi connectivity index (χ1n) is 7.79. The van der Waals surface area contributed by atoms with Crippen LogP contribution in [0.1, 0.15) is 28.3 Å². The standard InChI is InChI=1S/C16H13BrO/c1-12-7-9-14(15(17)11-12)16(18)10-8-13-5-3-2-4-6-13/h2-11H,1H3/i2D,3D,4D,5D,6D. The lowest BCUT2D eigenvalue weighted by molar-refractivity contribution is 0.104. The van der Waals surface area contributed by atoms with Gasteiger partial charge in [0.25, 0.3) is 0 Å². The Labute approximate surface area is 122 Å². The van der Waals surface area contributed by atoms with Crippen molar-refractivity contribution >= 4 is 27.8 Å². The highest BCUT2D eigenvalue weighted by Gasteiger charge is 2.06. The van der Waals surface area contributed by atoms with E-state index >= 15 is 0 Å². The van der Waals surface area contributed by atoms with Crippen molar-refractivity contribution in [3.05, 3.63) is 75.7 Å². The molecule has 2 aromatic rings. The summed E-state index contributed by atoms with van der Waals surface area (Å²) < 4.78 is 39.0. The van der Waals surface area contributed by atoms with E-state index in [-0.39, 0.29) is 23.4 Å². The molecule has 0 saturated heterocycles. The number of ketones is 1. The number of aryl methyl sites for hydroxylation is 1. The molecule has 2 rings (SSSR count). The Kier molecular flexibility index (Phi) is 2.47. The molecule has 2 aromatic carbocycles. The van der Waals surface area contributed by atoms with E-state index in [4.69, 9.17) is 6.85 Å². The van der Waals surface area contributed by atoms with Crippen molar-refractivity contribution in [3.63, 3.8) is 0 Å². The van der Waals surface area contributed by atoms with Gasteiger partial charge < -0.3 is 0 Å². The third kappa shape index (κ3) is 3.17. The Balaban J connectivity index is 2.43. The maximum absolute atomic E-state index is 12.2. The van der Waals surface area contributed by atoms with Gasteiger partial charge in [-0.1, -0.05) is 58.3 Å². The summed E-state index contributed by atoms with van der Waals surface area (Å²) >= 11 is 3.32. The maximum atomic E-state index is 12.2. The highest BCUT2D eigenvalue weighted by Crippen LogP contribution is 2.19. The molecule has 2 heteroatoms. The molecule has 0 aliphatic heterocycles. The van der Waals surface area contributed by atoms with Crippen LogP contribution in [0.2, 0.25) is 0 Å². The van der Waals surface area contributed by atoms with E-state index < -0.39 is 18.1 Å². The fourth-order valence-corrected chi connectivity index (χ4v) is 2.10. The molecule has 0 heterocycles. The minimum Gasteiger partial charge on any atom is -0.289 e. The molecule has 1 nitrogen and oxygen atoms in total. The third-order valence-electron chi connectivity index (χ3n) is 2.31. The summed E-state index contributed by atoms with van der Waals surface area (Å²) in [6, 6.07) is 3.33. The molecule has 0 spiro atoms. The van der Waals surface area contributed by atoms with Crippen molar-refractivity contribution < 1.29 is 11.6 Å². The summed E-state index contributed by atoms with van der Waals surface area (Å²) in [7, 11) is 0. The minimum absolute atomic E-state index is 0.00687. The molecule has 18 heavy (non-hydrogen) atoms. The van der Waals surface area contributed by atoms with Gasteiger partial charge in [0.1, 0.15) is 0 Å². The van der Waals surface area contributed by atoms with E-state index in [1.165, 1.54) is 12.2 Å². The van der Waals surface area contributed by atoms with Crippen LogP contribution in [0.25, 0.3) is 6.08 Å². The van der Waals surface area contributed by atoms with E-state index in [9.17, 15) is 4.79 Å². The van der Waals surface area contributed by atoms with E-state index in [1.54, 1.807) is 12.1 Å². The number of carbonyl (C=O) groups is 1. The highest BCUT2D eigenvalue weighted by atomic mass is 79.9. The Hall–Kier alpha value is -1.67. The number of allylic oxidation sites excluding steroid dienone is 1. The molecule has 0 aromatic heterocycles. The fourth-order valence-electron chi connectivity index (χ4n) is 1.41. The SMILES string of the molecule is [2H]c1c([2H])c([2H])c(C=CC(=O)c2ccc(C)cc2Br)c([2H])c1[2H]. The van der Waals surface area contributed by atoms with Crippen LogP contribution < -0.4 is 0 Å². The molecular weight excluding hydrogens is 288 g/mol. The van der Waals surface area contributed by atoms with Gasteiger partial charge in [-0.3, -0.25) is 4.79 Å². The first kappa shape index (κ1) is 7.70. The smallest absolute Gasteiger partial charge is 0.186 e. The second-order valence-electron chi connectivity index (χ2n) is 3.72. The number of benzene rings is 2. The predicted molar refractivity (Wildman–Crippen MR) is 78.7 cm³/mol. The molecule has 0 fully saturated rings. The minimum atomic E-state index is -0.454. The number of hydrogen-bond donors (Lipinski definition) is 0. The first-order chi connectivity index (χ1) is 10.7. The van der Waals surface area contributed by atoms with Crippen LogP contribution in [-0.2, 0) is 0 Å². The van der Waals surface area contributed by atoms with Crippen molar-refractivity contribution in [1.82, 2.24) is 0 Å². The Morgan fingerprint density at radius 1 is 1.28 bits per heavy atom. The lowest BCUT2D eigenvalue weighted by atomic mass is 10.1. The van der Waals surface area contributed by atoms with Crippen LogP contribution in [-0.4, -0.2) is 5.78 Å². The molecule has 0 unspecified atom stereocenters. The topological polar surface area (TPSA) is 17.1 Å². The van der Waals surface area contributed by atoms with Gasteiger partial charge in [0.2, 0.25) is 0 Å².